The number of carbonyl (C=O) groups is 1. The molecule has 276 valence electrons. The van der Waals surface area contributed by atoms with Gasteiger partial charge in [0, 0.05) is 36.3 Å². The van der Waals surface area contributed by atoms with E-state index in [9.17, 15) is 21.6 Å². The monoisotopic (exact) mass is 735 g/mol. The number of rotatable bonds is 11. The smallest absolute Gasteiger partial charge is 0.294 e. The molecule has 0 bridgehead atoms. The van der Waals surface area contributed by atoms with E-state index >= 15 is 0 Å². The summed E-state index contributed by atoms with van der Waals surface area (Å²) in [6, 6.07) is 15.8. The summed E-state index contributed by atoms with van der Waals surface area (Å²) in [5.74, 6) is 1.79. The van der Waals surface area contributed by atoms with Crippen molar-refractivity contribution in [2.24, 2.45) is 0 Å². The molecule has 3 aromatic rings. The molecule has 0 aliphatic carbocycles. The SMILES string of the molecule is COc1cc(CNCCNC(=O)C2=CC(C)(C)NC2(C)C)cc(OC)c1OC.Cc1ccc(S(=O)(=O)O)cc1.Cc1ccc(S(=O)(=O)O)cc1. The van der Waals surface area contributed by atoms with Crippen molar-refractivity contribution < 1.29 is 44.9 Å². The Bertz CT molecular complexity index is 1740. The lowest BCUT2D eigenvalue weighted by Crippen LogP contribution is -2.48. The molecule has 1 amide bonds. The third kappa shape index (κ3) is 13.0. The van der Waals surface area contributed by atoms with E-state index in [-0.39, 0.29) is 26.8 Å². The second-order valence-corrected chi connectivity index (χ2v) is 15.4. The highest BCUT2D eigenvalue weighted by molar-refractivity contribution is 7.86. The van der Waals surface area contributed by atoms with Crippen molar-refractivity contribution in [3.63, 3.8) is 0 Å². The van der Waals surface area contributed by atoms with Crippen LogP contribution in [0.25, 0.3) is 0 Å². The Kier molecular flexibility index (Phi) is 15.0. The third-order valence-corrected chi connectivity index (χ3v) is 9.07. The zero-order valence-corrected chi connectivity index (χ0v) is 31.6. The van der Waals surface area contributed by atoms with Gasteiger partial charge in [-0.15, -0.1) is 0 Å². The van der Waals surface area contributed by atoms with E-state index in [0.29, 0.717) is 36.9 Å². The summed E-state index contributed by atoms with van der Waals surface area (Å²) < 4.78 is 75.2. The first-order valence-electron chi connectivity index (χ1n) is 15.5. The minimum Gasteiger partial charge on any atom is -0.493 e. The molecule has 0 saturated carbocycles. The van der Waals surface area contributed by atoms with Gasteiger partial charge < -0.3 is 24.8 Å². The number of methoxy groups -OCH3 is 3. The number of benzene rings is 3. The second-order valence-electron chi connectivity index (χ2n) is 12.6. The zero-order chi connectivity index (χ0) is 37.9. The van der Waals surface area contributed by atoms with E-state index in [1.807, 2.05) is 45.9 Å². The standard InChI is InChI=1S/C21H33N3O4.2C7H8O3S/c1-20(2)12-15(21(3,4)24-20)19(25)23-9-8-22-13-14-10-16(26-5)18(28-7)17(11-14)27-6;2*1-6-2-4-7(5-3-6)11(8,9)10/h10-12,22,24H,8-9,13H2,1-7H3,(H,23,25);2*2-5H,1H3,(H,8,9,10). The highest BCUT2D eigenvalue weighted by Crippen LogP contribution is 2.38. The van der Waals surface area contributed by atoms with Crippen LogP contribution in [0.5, 0.6) is 17.2 Å². The maximum Gasteiger partial charge on any atom is 0.294 e. The van der Waals surface area contributed by atoms with Gasteiger partial charge in [0.2, 0.25) is 11.7 Å². The molecule has 1 aliphatic rings. The van der Waals surface area contributed by atoms with Crippen molar-refractivity contribution >= 4 is 26.1 Å². The van der Waals surface area contributed by atoms with Crippen molar-refractivity contribution in [2.45, 2.75) is 69.0 Å². The van der Waals surface area contributed by atoms with Gasteiger partial charge in [-0.05, 0) is 83.5 Å². The molecule has 0 spiro atoms. The van der Waals surface area contributed by atoms with Crippen LogP contribution in [0.4, 0.5) is 0 Å². The summed E-state index contributed by atoms with van der Waals surface area (Å²) in [5, 5.41) is 9.76. The minimum atomic E-state index is -4.02. The molecule has 50 heavy (non-hydrogen) atoms. The predicted octanol–water partition coefficient (Wildman–Crippen LogP) is 4.49. The number of hydrogen-bond acceptors (Lipinski definition) is 10. The van der Waals surface area contributed by atoms with Gasteiger partial charge in [0.25, 0.3) is 20.2 Å². The molecule has 0 atom stereocenters. The second kappa shape index (κ2) is 17.8. The van der Waals surface area contributed by atoms with Crippen LogP contribution in [-0.2, 0) is 31.6 Å². The van der Waals surface area contributed by atoms with Crippen molar-refractivity contribution in [1.29, 1.82) is 0 Å². The van der Waals surface area contributed by atoms with Gasteiger partial charge in [-0.1, -0.05) is 41.5 Å². The number of hydrogen-bond donors (Lipinski definition) is 5. The Morgan fingerprint density at radius 3 is 1.52 bits per heavy atom. The van der Waals surface area contributed by atoms with Gasteiger partial charge in [-0.2, -0.15) is 16.8 Å². The maximum atomic E-state index is 12.5. The molecule has 4 rings (SSSR count). The van der Waals surface area contributed by atoms with E-state index in [1.54, 1.807) is 45.6 Å². The summed E-state index contributed by atoms with van der Waals surface area (Å²) in [6.45, 7) is 13.7. The molecule has 0 fully saturated rings. The lowest BCUT2D eigenvalue weighted by molar-refractivity contribution is -0.118. The van der Waals surface area contributed by atoms with E-state index in [4.69, 9.17) is 23.3 Å². The Labute approximate surface area is 295 Å². The molecule has 3 aromatic carbocycles. The maximum absolute atomic E-state index is 12.5. The topological polar surface area (TPSA) is 190 Å². The summed E-state index contributed by atoms with van der Waals surface area (Å²) in [5.41, 5.74) is 3.18. The zero-order valence-electron chi connectivity index (χ0n) is 29.9. The number of ether oxygens (including phenoxy) is 3. The van der Waals surface area contributed by atoms with E-state index < -0.39 is 20.2 Å². The fourth-order valence-electron chi connectivity index (χ4n) is 5.05. The van der Waals surface area contributed by atoms with Gasteiger partial charge in [0.15, 0.2) is 11.5 Å². The van der Waals surface area contributed by atoms with E-state index in [1.165, 1.54) is 24.3 Å². The number of carbonyl (C=O) groups excluding carboxylic acids is 1. The quantitative estimate of drug-likeness (QED) is 0.137. The molecule has 13 nitrogen and oxygen atoms in total. The molecule has 0 aromatic heterocycles. The van der Waals surface area contributed by atoms with Crippen molar-refractivity contribution in [3.8, 4) is 17.2 Å². The van der Waals surface area contributed by atoms with E-state index in [0.717, 1.165) is 22.3 Å². The van der Waals surface area contributed by atoms with Crippen molar-refractivity contribution in [3.05, 3.63) is 89.0 Å². The number of amides is 1. The van der Waals surface area contributed by atoms with Crippen LogP contribution in [0.3, 0.4) is 0 Å². The first kappa shape index (κ1) is 42.2. The van der Waals surface area contributed by atoms with Crippen LogP contribution in [0.1, 0.15) is 44.4 Å². The Morgan fingerprint density at radius 1 is 0.740 bits per heavy atom. The average molecular weight is 736 g/mol. The Balaban J connectivity index is 0.000000320. The normalized spacial score (nSPS) is 14.6. The summed E-state index contributed by atoms with van der Waals surface area (Å²) in [7, 11) is -3.26. The van der Waals surface area contributed by atoms with Crippen LogP contribution < -0.4 is 30.2 Å². The highest BCUT2D eigenvalue weighted by atomic mass is 32.2. The minimum absolute atomic E-state index is 0.0299. The average Bonchev–Trinajstić information content (AvgIpc) is 3.26. The van der Waals surface area contributed by atoms with Crippen LogP contribution in [-0.4, -0.2) is 77.3 Å². The van der Waals surface area contributed by atoms with Gasteiger partial charge in [-0.25, -0.2) is 0 Å². The summed E-state index contributed by atoms with van der Waals surface area (Å²) in [4.78, 5) is 12.4. The largest absolute Gasteiger partial charge is 0.493 e. The molecule has 5 N–H and O–H groups in total. The molecular weight excluding hydrogens is 687 g/mol. The van der Waals surface area contributed by atoms with Gasteiger partial charge in [0.05, 0.1) is 31.1 Å². The predicted molar refractivity (Wildman–Crippen MR) is 192 cm³/mol. The summed E-state index contributed by atoms with van der Waals surface area (Å²) >= 11 is 0. The van der Waals surface area contributed by atoms with Crippen molar-refractivity contribution in [2.75, 3.05) is 34.4 Å². The Hall–Kier alpha value is -3.99. The number of aryl methyl sites for hydroxylation is 2. The lowest BCUT2D eigenvalue weighted by atomic mass is 9.96. The van der Waals surface area contributed by atoms with Crippen LogP contribution in [0.15, 0.2) is 82.1 Å². The van der Waals surface area contributed by atoms with Crippen LogP contribution >= 0.6 is 0 Å². The Morgan fingerprint density at radius 2 is 1.18 bits per heavy atom. The lowest BCUT2D eigenvalue weighted by Gasteiger charge is -2.27. The molecule has 1 aliphatic heterocycles. The molecule has 0 radical (unpaired) electrons. The van der Waals surface area contributed by atoms with Crippen LogP contribution in [0.2, 0.25) is 0 Å². The molecule has 15 heteroatoms. The first-order chi connectivity index (χ1) is 23.1. The first-order valence-corrected chi connectivity index (χ1v) is 18.4. The van der Waals surface area contributed by atoms with Gasteiger partial charge in [0.1, 0.15) is 0 Å². The number of nitrogens with one attached hydrogen (secondary N) is 3. The highest BCUT2D eigenvalue weighted by Gasteiger charge is 2.39. The third-order valence-electron chi connectivity index (χ3n) is 7.34. The van der Waals surface area contributed by atoms with Crippen molar-refractivity contribution in [1.82, 2.24) is 16.0 Å². The molecule has 1 heterocycles. The fraction of sp³-hybridized carbons (Fsp3) is 0.400. The van der Waals surface area contributed by atoms with Gasteiger partial charge in [-0.3, -0.25) is 19.2 Å². The van der Waals surface area contributed by atoms with Crippen LogP contribution in [0, 0.1) is 13.8 Å². The molecular formula is C35H49N3O10S2. The fourth-order valence-corrected chi connectivity index (χ4v) is 6.01. The van der Waals surface area contributed by atoms with Gasteiger partial charge >= 0.3 is 0 Å². The molecule has 0 saturated heterocycles. The summed E-state index contributed by atoms with van der Waals surface area (Å²) in [6.07, 6.45) is 2.01. The molecule has 0 unspecified atom stereocenters. The van der Waals surface area contributed by atoms with E-state index in [2.05, 4.69) is 29.8 Å².